The fourth-order valence-electron chi connectivity index (χ4n) is 2.98. The Morgan fingerprint density at radius 2 is 1.83 bits per heavy atom. The Labute approximate surface area is 132 Å². The van der Waals surface area contributed by atoms with Crippen molar-refractivity contribution in [3.63, 3.8) is 0 Å². The number of carbonyl (C=O) groups is 3. The smallest absolute Gasteiger partial charge is 0.342 e. The summed E-state index contributed by atoms with van der Waals surface area (Å²) in [4.78, 5) is 37.4. The number of fused-ring (bicyclic) bond motifs is 3. The molecule has 0 aliphatic heterocycles. The first-order valence-electron chi connectivity index (χ1n) is 6.97. The molecular formula is C17H15NO5. The molecule has 0 N–H and O–H groups in total. The van der Waals surface area contributed by atoms with E-state index in [0.29, 0.717) is 16.7 Å². The van der Waals surface area contributed by atoms with E-state index in [9.17, 15) is 14.4 Å². The van der Waals surface area contributed by atoms with Gasteiger partial charge in [-0.25, -0.2) is 4.79 Å². The van der Waals surface area contributed by atoms with E-state index in [1.165, 1.54) is 21.1 Å². The molecule has 6 heteroatoms. The molecule has 3 rings (SSSR count). The Kier molecular flexibility index (Phi) is 3.32. The molecule has 1 aromatic heterocycles. The number of aryl methyl sites for hydroxylation is 1. The summed E-state index contributed by atoms with van der Waals surface area (Å²) in [6, 6.07) is 5.25. The summed E-state index contributed by atoms with van der Waals surface area (Å²) in [5.74, 6) is -1.05. The number of Topliss-reactive ketones (excluding diaryl/α,β-unsaturated/α-hetero) is 2. The van der Waals surface area contributed by atoms with Crippen LogP contribution in [0.25, 0.3) is 10.9 Å². The second kappa shape index (κ2) is 5.08. The topological polar surface area (TPSA) is 74.6 Å². The summed E-state index contributed by atoms with van der Waals surface area (Å²) in [6.07, 6.45) is 0. The van der Waals surface area contributed by atoms with Crippen molar-refractivity contribution in [2.75, 3.05) is 14.2 Å². The number of hydrogen-bond donors (Lipinski definition) is 0. The number of rotatable bonds is 2. The van der Waals surface area contributed by atoms with Gasteiger partial charge in [0, 0.05) is 23.5 Å². The van der Waals surface area contributed by atoms with Gasteiger partial charge >= 0.3 is 5.97 Å². The van der Waals surface area contributed by atoms with Crippen molar-refractivity contribution >= 4 is 28.4 Å². The zero-order chi connectivity index (χ0) is 16.9. The highest BCUT2D eigenvalue weighted by molar-refractivity contribution is 6.37. The molecule has 0 unspecified atom stereocenters. The second-order valence-corrected chi connectivity index (χ2v) is 5.32. The van der Waals surface area contributed by atoms with Gasteiger partial charge < -0.3 is 14.0 Å². The molecule has 118 valence electrons. The Hall–Kier alpha value is -2.89. The zero-order valence-electron chi connectivity index (χ0n) is 13.2. The lowest BCUT2D eigenvalue weighted by Crippen LogP contribution is -2.27. The average Bonchev–Trinajstić information content (AvgIpc) is 2.85. The van der Waals surface area contributed by atoms with Crippen LogP contribution < -0.4 is 4.74 Å². The molecule has 0 atom stereocenters. The number of nitrogens with zero attached hydrogens (tertiary/aromatic N) is 1. The molecule has 1 aliphatic rings. The van der Waals surface area contributed by atoms with E-state index in [0.717, 1.165) is 5.52 Å². The van der Waals surface area contributed by atoms with Gasteiger partial charge in [-0.2, -0.15) is 0 Å². The molecule has 0 bridgehead atoms. The quantitative estimate of drug-likeness (QED) is 0.626. The number of allylic oxidation sites excluding steroid dienone is 1. The first-order valence-corrected chi connectivity index (χ1v) is 6.97. The van der Waals surface area contributed by atoms with Crippen molar-refractivity contribution in [1.82, 2.24) is 4.57 Å². The minimum absolute atomic E-state index is 0.102. The van der Waals surface area contributed by atoms with Crippen molar-refractivity contribution < 1.29 is 23.9 Å². The highest BCUT2D eigenvalue weighted by Crippen LogP contribution is 2.35. The summed E-state index contributed by atoms with van der Waals surface area (Å²) < 4.78 is 11.5. The van der Waals surface area contributed by atoms with Crippen LogP contribution >= 0.6 is 0 Å². The Morgan fingerprint density at radius 1 is 1.13 bits per heavy atom. The van der Waals surface area contributed by atoms with E-state index >= 15 is 0 Å². The number of carbonyl (C=O) groups excluding carboxylic acids is 3. The van der Waals surface area contributed by atoms with Crippen molar-refractivity contribution in [1.29, 1.82) is 0 Å². The van der Waals surface area contributed by atoms with Crippen molar-refractivity contribution in [2.45, 2.75) is 6.92 Å². The number of hydrogen-bond acceptors (Lipinski definition) is 5. The van der Waals surface area contributed by atoms with Gasteiger partial charge in [0.05, 0.1) is 19.8 Å². The largest absolute Gasteiger partial charge is 0.497 e. The normalized spacial score (nSPS) is 14.3. The molecule has 1 aromatic carbocycles. The van der Waals surface area contributed by atoms with Gasteiger partial charge in [0.2, 0.25) is 5.78 Å². The van der Waals surface area contributed by atoms with Gasteiger partial charge in [-0.3, -0.25) is 9.59 Å². The number of ether oxygens (including phenoxy) is 2. The number of benzene rings is 1. The van der Waals surface area contributed by atoms with Crippen LogP contribution in [0.3, 0.4) is 0 Å². The monoisotopic (exact) mass is 313 g/mol. The molecule has 0 radical (unpaired) electrons. The molecular weight excluding hydrogens is 298 g/mol. The Morgan fingerprint density at radius 3 is 2.43 bits per heavy atom. The van der Waals surface area contributed by atoms with E-state index in [4.69, 9.17) is 4.74 Å². The maximum absolute atomic E-state index is 12.8. The molecule has 0 saturated carbocycles. The fraction of sp³-hybridized carbons (Fsp3) is 0.235. The summed E-state index contributed by atoms with van der Waals surface area (Å²) in [7, 11) is 4.40. The van der Waals surface area contributed by atoms with Crippen molar-refractivity contribution in [3.8, 4) is 5.75 Å². The lowest BCUT2D eigenvalue weighted by atomic mass is 9.87. The molecule has 0 saturated heterocycles. The van der Waals surface area contributed by atoms with E-state index in [-0.39, 0.29) is 22.6 Å². The van der Waals surface area contributed by atoms with Gasteiger partial charge in [0.25, 0.3) is 0 Å². The lowest BCUT2D eigenvalue weighted by Gasteiger charge is -2.16. The van der Waals surface area contributed by atoms with Crippen LogP contribution in [0.4, 0.5) is 0 Å². The van der Waals surface area contributed by atoms with Crippen LogP contribution in [0.5, 0.6) is 5.75 Å². The predicted molar refractivity (Wildman–Crippen MR) is 82.8 cm³/mol. The highest BCUT2D eigenvalue weighted by Gasteiger charge is 2.38. The number of ketones is 2. The van der Waals surface area contributed by atoms with Crippen LogP contribution in [-0.2, 0) is 16.6 Å². The SMILES string of the molecule is COC(=O)C1=C(C)C(=O)c2c(n(C)c3ccc(OC)cc23)C1=O. The minimum atomic E-state index is -0.797. The standard InChI is InChI=1S/C17H15NO5/c1-8-12(17(21)23-4)16(20)14-13(15(8)19)10-7-9(22-3)5-6-11(10)18(14)2/h5-7H,1-4H3. The number of methoxy groups -OCH3 is 2. The van der Waals surface area contributed by atoms with Crippen LogP contribution in [0.2, 0.25) is 0 Å². The molecule has 0 amide bonds. The summed E-state index contributed by atoms with van der Waals surface area (Å²) in [5, 5.41) is 0.628. The predicted octanol–water partition coefficient (Wildman–Crippen LogP) is 2.06. The second-order valence-electron chi connectivity index (χ2n) is 5.32. The Balaban J connectivity index is 2.37. The first kappa shape index (κ1) is 15.0. The molecule has 0 fully saturated rings. The maximum Gasteiger partial charge on any atom is 0.342 e. The van der Waals surface area contributed by atoms with E-state index in [1.54, 1.807) is 29.8 Å². The molecule has 0 spiro atoms. The third kappa shape index (κ3) is 1.91. The van der Waals surface area contributed by atoms with Crippen molar-refractivity contribution in [2.24, 2.45) is 7.05 Å². The Bertz CT molecular complexity index is 917. The van der Waals surface area contributed by atoms with E-state index in [1.807, 2.05) is 0 Å². The van der Waals surface area contributed by atoms with Crippen LogP contribution in [-0.4, -0.2) is 36.3 Å². The molecule has 23 heavy (non-hydrogen) atoms. The van der Waals surface area contributed by atoms with E-state index < -0.39 is 11.8 Å². The van der Waals surface area contributed by atoms with E-state index in [2.05, 4.69) is 4.74 Å². The zero-order valence-corrected chi connectivity index (χ0v) is 13.2. The highest BCUT2D eigenvalue weighted by atomic mass is 16.5. The number of esters is 1. The van der Waals surface area contributed by atoms with Crippen LogP contribution in [0, 0.1) is 0 Å². The summed E-state index contributed by atoms with van der Waals surface area (Å²) in [5.41, 5.74) is 1.12. The number of aromatic nitrogens is 1. The van der Waals surface area contributed by atoms with Crippen LogP contribution in [0.15, 0.2) is 29.3 Å². The summed E-state index contributed by atoms with van der Waals surface area (Å²) in [6.45, 7) is 1.47. The van der Waals surface area contributed by atoms with Gasteiger partial charge in [0.15, 0.2) is 5.78 Å². The summed E-state index contributed by atoms with van der Waals surface area (Å²) >= 11 is 0. The molecule has 1 aliphatic carbocycles. The van der Waals surface area contributed by atoms with Gasteiger partial charge in [-0.15, -0.1) is 0 Å². The van der Waals surface area contributed by atoms with Crippen molar-refractivity contribution in [3.05, 3.63) is 40.6 Å². The fourth-order valence-corrected chi connectivity index (χ4v) is 2.98. The lowest BCUT2D eigenvalue weighted by molar-refractivity contribution is -0.135. The minimum Gasteiger partial charge on any atom is -0.497 e. The van der Waals surface area contributed by atoms with Gasteiger partial charge in [-0.05, 0) is 25.1 Å². The van der Waals surface area contributed by atoms with Gasteiger partial charge in [-0.1, -0.05) is 0 Å². The van der Waals surface area contributed by atoms with Gasteiger partial charge in [0.1, 0.15) is 17.0 Å². The third-order valence-electron chi connectivity index (χ3n) is 4.18. The molecule has 2 aromatic rings. The third-order valence-corrected chi connectivity index (χ3v) is 4.18. The average molecular weight is 313 g/mol. The van der Waals surface area contributed by atoms with Crippen LogP contribution in [0.1, 0.15) is 27.8 Å². The maximum atomic E-state index is 12.8. The first-order chi connectivity index (χ1) is 10.9. The molecule has 6 nitrogen and oxygen atoms in total. The molecule has 1 heterocycles.